The van der Waals surface area contributed by atoms with Gasteiger partial charge in [-0.3, -0.25) is 0 Å². The first kappa shape index (κ1) is 14.3. The Labute approximate surface area is 122 Å². The van der Waals surface area contributed by atoms with Gasteiger partial charge in [0.25, 0.3) is 0 Å². The molecule has 0 radical (unpaired) electrons. The smallest absolute Gasteiger partial charge is 0.180 e. The van der Waals surface area contributed by atoms with E-state index >= 15 is 0 Å². The number of thiazole rings is 1. The summed E-state index contributed by atoms with van der Waals surface area (Å²) in [5, 5.41) is 3.20. The summed E-state index contributed by atoms with van der Waals surface area (Å²) in [6.45, 7) is 5.98. The molecule has 2 rings (SSSR count). The molecule has 2 N–H and O–H groups in total. The molecule has 5 heteroatoms. The maximum absolute atomic E-state index is 6.11. The lowest BCUT2D eigenvalue weighted by Crippen LogP contribution is -2.24. The molecule has 0 spiro atoms. The molecule has 102 valence electrons. The Balaban J connectivity index is 2.16. The maximum atomic E-state index is 6.11. The number of nitrogens with two attached hydrogens (primary N) is 1. The Morgan fingerprint density at radius 3 is 2.74 bits per heavy atom. The molecule has 1 aromatic carbocycles. The van der Waals surface area contributed by atoms with Gasteiger partial charge in [0.2, 0.25) is 0 Å². The molecule has 2 aromatic rings. The molecule has 0 saturated heterocycles. The molecule has 0 amide bonds. The topological polar surface area (TPSA) is 48.1 Å². The van der Waals surface area contributed by atoms with Gasteiger partial charge in [-0.1, -0.05) is 23.7 Å². The SMILES string of the molecule is CC(OC(C)(C)c1csc(N)n1)c1cccc(Cl)c1. The van der Waals surface area contributed by atoms with Crippen LogP contribution in [0.5, 0.6) is 0 Å². The van der Waals surface area contributed by atoms with E-state index in [1.807, 2.05) is 50.4 Å². The van der Waals surface area contributed by atoms with Crippen molar-refractivity contribution >= 4 is 28.1 Å². The molecule has 1 aromatic heterocycles. The zero-order valence-electron chi connectivity index (χ0n) is 11.2. The summed E-state index contributed by atoms with van der Waals surface area (Å²) in [5.74, 6) is 0. The van der Waals surface area contributed by atoms with Gasteiger partial charge in [0, 0.05) is 10.4 Å². The summed E-state index contributed by atoms with van der Waals surface area (Å²) < 4.78 is 6.11. The van der Waals surface area contributed by atoms with E-state index in [0.29, 0.717) is 10.2 Å². The van der Waals surface area contributed by atoms with Gasteiger partial charge in [0.05, 0.1) is 11.8 Å². The Morgan fingerprint density at radius 2 is 2.16 bits per heavy atom. The first-order valence-electron chi connectivity index (χ1n) is 6.03. The highest BCUT2D eigenvalue weighted by Gasteiger charge is 2.27. The van der Waals surface area contributed by atoms with Crippen molar-refractivity contribution < 1.29 is 4.74 Å². The van der Waals surface area contributed by atoms with Crippen LogP contribution in [0.15, 0.2) is 29.6 Å². The second-order valence-electron chi connectivity index (χ2n) is 4.90. The summed E-state index contributed by atoms with van der Waals surface area (Å²) >= 11 is 7.42. The number of halogens is 1. The number of ether oxygens (including phenoxy) is 1. The minimum Gasteiger partial charge on any atom is -0.375 e. The number of hydrogen-bond acceptors (Lipinski definition) is 4. The average Bonchev–Trinajstić information content (AvgIpc) is 2.76. The summed E-state index contributed by atoms with van der Waals surface area (Å²) in [6, 6.07) is 7.69. The molecule has 1 heterocycles. The number of nitrogens with zero attached hydrogens (tertiary/aromatic N) is 1. The Hall–Kier alpha value is -1.10. The Morgan fingerprint density at radius 1 is 1.42 bits per heavy atom. The molecule has 0 bridgehead atoms. The Kier molecular flexibility index (Phi) is 4.13. The lowest BCUT2D eigenvalue weighted by atomic mass is 10.0. The van der Waals surface area contributed by atoms with Crippen molar-refractivity contribution in [1.82, 2.24) is 4.98 Å². The molecule has 0 saturated carbocycles. The van der Waals surface area contributed by atoms with E-state index in [1.165, 1.54) is 11.3 Å². The highest BCUT2D eigenvalue weighted by Crippen LogP contribution is 2.33. The summed E-state index contributed by atoms with van der Waals surface area (Å²) in [6.07, 6.45) is -0.0726. The first-order chi connectivity index (χ1) is 8.88. The van der Waals surface area contributed by atoms with Crippen LogP contribution in [-0.4, -0.2) is 4.98 Å². The highest BCUT2D eigenvalue weighted by atomic mass is 35.5. The molecular formula is C14H17ClN2OS. The highest BCUT2D eigenvalue weighted by molar-refractivity contribution is 7.13. The van der Waals surface area contributed by atoms with Gasteiger partial charge in [-0.15, -0.1) is 11.3 Å². The zero-order valence-corrected chi connectivity index (χ0v) is 12.8. The van der Waals surface area contributed by atoms with E-state index in [-0.39, 0.29) is 6.10 Å². The van der Waals surface area contributed by atoms with Crippen LogP contribution in [0.1, 0.15) is 38.1 Å². The predicted octanol–water partition coefficient (Wildman–Crippen LogP) is 4.39. The molecule has 3 nitrogen and oxygen atoms in total. The molecule has 0 aliphatic heterocycles. The van der Waals surface area contributed by atoms with Crippen LogP contribution >= 0.6 is 22.9 Å². The lowest BCUT2D eigenvalue weighted by Gasteiger charge is -2.28. The summed E-state index contributed by atoms with van der Waals surface area (Å²) in [5.41, 5.74) is 7.08. The van der Waals surface area contributed by atoms with Crippen LogP contribution in [0.4, 0.5) is 5.13 Å². The third-order valence-corrected chi connectivity index (χ3v) is 3.84. The minimum absolute atomic E-state index is 0.0726. The van der Waals surface area contributed by atoms with Crippen LogP contribution in [0.3, 0.4) is 0 Å². The molecule has 0 fully saturated rings. The van der Waals surface area contributed by atoms with Crippen molar-refractivity contribution in [2.75, 3.05) is 5.73 Å². The van der Waals surface area contributed by atoms with Crippen LogP contribution in [0.2, 0.25) is 5.02 Å². The van der Waals surface area contributed by atoms with E-state index in [2.05, 4.69) is 4.98 Å². The average molecular weight is 297 g/mol. The van der Waals surface area contributed by atoms with Gasteiger partial charge in [0.15, 0.2) is 5.13 Å². The minimum atomic E-state index is -0.490. The quantitative estimate of drug-likeness (QED) is 0.910. The van der Waals surface area contributed by atoms with Crippen LogP contribution in [0.25, 0.3) is 0 Å². The van der Waals surface area contributed by atoms with Crippen LogP contribution in [-0.2, 0) is 10.3 Å². The van der Waals surface area contributed by atoms with Crippen molar-refractivity contribution in [3.05, 3.63) is 45.9 Å². The summed E-state index contributed by atoms with van der Waals surface area (Å²) in [7, 11) is 0. The number of hydrogen-bond donors (Lipinski definition) is 1. The molecular weight excluding hydrogens is 280 g/mol. The molecule has 1 unspecified atom stereocenters. The van der Waals surface area contributed by atoms with Gasteiger partial charge in [-0.05, 0) is 38.5 Å². The predicted molar refractivity (Wildman–Crippen MR) is 80.5 cm³/mol. The van der Waals surface area contributed by atoms with E-state index in [1.54, 1.807) is 0 Å². The fourth-order valence-corrected chi connectivity index (χ4v) is 2.81. The number of aromatic nitrogens is 1. The van der Waals surface area contributed by atoms with Crippen molar-refractivity contribution in [2.45, 2.75) is 32.5 Å². The second-order valence-corrected chi connectivity index (χ2v) is 6.22. The first-order valence-corrected chi connectivity index (χ1v) is 7.29. The lowest BCUT2D eigenvalue weighted by molar-refractivity contribution is -0.0724. The number of benzene rings is 1. The van der Waals surface area contributed by atoms with Crippen molar-refractivity contribution in [1.29, 1.82) is 0 Å². The largest absolute Gasteiger partial charge is 0.375 e. The van der Waals surface area contributed by atoms with Crippen molar-refractivity contribution in [3.63, 3.8) is 0 Å². The second kappa shape index (κ2) is 5.49. The third-order valence-electron chi connectivity index (χ3n) is 2.93. The van der Waals surface area contributed by atoms with Crippen LogP contribution < -0.4 is 5.73 Å². The normalized spacial score (nSPS) is 13.5. The van der Waals surface area contributed by atoms with E-state index in [9.17, 15) is 0 Å². The molecule has 1 atom stereocenters. The van der Waals surface area contributed by atoms with Gasteiger partial charge in [0.1, 0.15) is 5.60 Å². The fourth-order valence-electron chi connectivity index (χ4n) is 1.89. The Bertz CT molecular complexity index is 568. The number of rotatable bonds is 4. The molecule has 19 heavy (non-hydrogen) atoms. The fraction of sp³-hybridized carbons (Fsp3) is 0.357. The van der Waals surface area contributed by atoms with Gasteiger partial charge in [-0.2, -0.15) is 0 Å². The third kappa shape index (κ3) is 3.47. The number of nitrogen functional groups attached to an aromatic ring is 1. The van der Waals surface area contributed by atoms with Gasteiger partial charge in [-0.25, -0.2) is 4.98 Å². The van der Waals surface area contributed by atoms with Gasteiger partial charge >= 0.3 is 0 Å². The monoisotopic (exact) mass is 296 g/mol. The maximum Gasteiger partial charge on any atom is 0.180 e. The van der Waals surface area contributed by atoms with E-state index in [4.69, 9.17) is 22.1 Å². The van der Waals surface area contributed by atoms with E-state index in [0.717, 1.165) is 11.3 Å². The summed E-state index contributed by atoms with van der Waals surface area (Å²) in [4.78, 5) is 4.29. The van der Waals surface area contributed by atoms with E-state index < -0.39 is 5.60 Å². The van der Waals surface area contributed by atoms with Gasteiger partial charge < -0.3 is 10.5 Å². The molecule has 0 aliphatic rings. The van der Waals surface area contributed by atoms with Crippen molar-refractivity contribution in [3.8, 4) is 0 Å². The number of anilines is 1. The zero-order chi connectivity index (χ0) is 14.0. The molecule has 0 aliphatic carbocycles. The van der Waals surface area contributed by atoms with Crippen LogP contribution in [0, 0.1) is 0 Å². The van der Waals surface area contributed by atoms with Crippen molar-refractivity contribution in [2.24, 2.45) is 0 Å². The standard InChI is InChI=1S/C14H17ClN2OS/c1-9(10-5-4-6-11(15)7-10)18-14(2,3)12-8-19-13(16)17-12/h4-9H,1-3H3,(H2,16,17).